The second-order valence-corrected chi connectivity index (χ2v) is 4.62. The first-order valence-corrected chi connectivity index (χ1v) is 6.61. The number of nitrogens with one attached hydrogen (secondary N) is 2. The van der Waals surface area contributed by atoms with Gasteiger partial charge in [-0.3, -0.25) is 9.78 Å². The van der Waals surface area contributed by atoms with E-state index in [4.69, 9.17) is 0 Å². The van der Waals surface area contributed by atoms with Crippen LogP contribution < -0.4 is 10.6 Å². The molecular weight excluding hydrogens is 308 g/mol. The van der Waals surface area contributed by atoms with Gasteiger partial charge in [0.1, 0.15) is 5.82 Å². The number of carbonyl (C=O) groups is 1. The predicted molar refractivity (Wildman–Crippen MR) is 78.3 cm³/mol. The Morgan fingerprint density at radius 3 is 2.95 bits per heavy atom. The third-order valence-electron chi connectivity index (χ3n) is 2.40. The summed E-state index contributed by atoms with van der Waals surface area (Å²) >= 11 is 3.33. The third-order valence-corrected chi connectivity index (χ3v) is 3.03. The van der Waals surface area contributed by atoms with Crippen LogP contribution in [0.2, 0.25) is 0 Å². The van der Waals surface area contributed by atoms with Gasteiger partial charge < -0.3 is 10.6 Å². The van der Waals surface area contributed by atoms with Crippen LogP contribution in [-0.2, 0) is 0 Å². The zero-order chi connectivity index (χ0) is 13.7. The number of hydrogen-bond acceptors (Lipinski definition) is 4. The van der Waals surface area contributed by atoms with Gasteiger partial charge in [-0.2, -0.15) is 0 Å². The van der Waals surface area contributed by atoms with Crippen LogP contribution in [0.4, 0.5) is 11.5 Å². The topological polar surface area (TPSA) is 66.9 Å². The fourth-order valence-electron chi connectivity index (χ4n) is 1.52. The molecule has 2 aromatic rings. The largest absolute Gasteiger partial charge is 0.370 e. The van der Waals surface area contributed by atoms with E-state index in [0.29, 0.717) is 17.1 Å². The van der Waals surface area contributed by atoms with Crippen molar-refractivity contribution in [3.8, 4) is 0 Å². The maximum atomic E-state index is 12.1. The molecule has 1 amide bonds. The van der Waals surface area contributed by atoms with Gasteiger partial charge in [-0.05, 0) is 41.1 Å². The molecule has 0 bridgehead atoms. The van der Waals surface area contributed by atoms with E-state index in [1.807, 2.05) is 6.92 Å². The average molecular weight is 321 g/mol. The summed E-state index contributed by atoms with van der Waals surface area (Å²) in [6.07, 6.45) is 4.86. The molecule has 2 rings (SSSR count). The highest BCUT2D eigenvalue weighted by molar-refractivity contribution is 9.10. The van der Waals surface area contributed by atoms with Gasteiger partial charge in [-0.25, -0.2) is 4.98 Å². The minimum Gasteiger partial charge on any atom is -0.370 e. The van der Waals surface area contributed by atoms with Crippen molar-refractivity contribution in [1.29, 1.82) is 0 Å². The van der Waals surface area contributed by atoms with Crippen LogP contribution in [0.1, 0.15) is 17.3 Å². The Balaban J connectivity index is 2.16. The molecule has 19 heavy (non-hydrogen) atoms. The molecule has 6 heteroatoms. The van der Waals surface area contributed by atoms with E-state index in [9.17, 15) is 4.79 Å². The lowest BCUT2D eigenvalue weighted by molar-refractivity contribution is 0.102. The Labute approximate surface area is 119 Å². The Morgan fingerprint density at radius 1 is 1.37 bits per heavy atom. The SMILES string of the molecule is CCNc1cc(C(=O)Nc2ccncc2Br)ccn1. The molecule has 0 saturated heterocycles. The van der Waals surface area contributed by atoms with E-state index in [-0.39, 0.29) is 5.91 Å². The molecular formula is C13H13BrN4O. The van der Waals surface area contributed by atoms with E-state index in [1.54, 1.807) is 36.8 Å². The normalized spacial score (nSPS) is 10.0. The molecule has 5 nitrogen and oxygen atoms in total. The van der Waals surface area contributed by atoms with Crippen molar-refractivity contribution in [2.75, 3.05) is 17.2 Å². The molecule has 2 aromatic heterocycles. The molecule has 0 radical (unpaired) electrons. The van der Waals surface area contributed by atoms with Crippen LogP contribution in [0.5, 0.6) is 0 Å². The van der Waals surface area contributed by atoms with Gasteiger partial charge in [0.25, 0.3) is 5.91 Å². The number of rotatable bonds is 4. The smallest absolute Gasteiger partial charge is 0.255 e. The molecule has 2 N–H and O–H groups in total. The summed E-state index contributed by atoms with van der Waals surface area (Å²) in [7, 11) is 0. The van der Waals surface area contributed by atoms with Gasteiger partial charge in [0.05, 0.1) is 10.2 Å². The lowest BCUT2D eigenvalue weighted by Gasteiger charge is -2.08. The fraction of sp³-hybridized carbons (Fsp3) is 0.154. The van der Waals surface area contributed by atoms with Gasteiger partial charge >= 0.3 is 0 Å². The molecule has 0 unspecified atom stereocenters. The minimum absolute atomic E-state index is 0.187. The molecule has 0 aliphatic rings. The highest BCUT2D eigenvalue weighted by Gasteiger charge is 2.09. The highest BCUT2D eigenvalue weighted by atomic mass is 79.9. The van der Waals surface area contributed by atoms with Crippen molar-refractivity contribution in [1.82, 2.24) is 9.97 Å². The Hall–Kier alpha value is -1.95. The first-order valence-electron chi connectivity index (χ1n) is 5.81. The van der Waals surface area contributed by atoms with Crippen molar-refractivity contribution >= 4 is 33.3 Å². The van der Waals surface area contributed by atoms with Crippen molar-refractivity contribution in [2.45, 2.75) is 6.92 Å². The molecule has 0 spiro atoms. The summed E-state index contributed by atoms with van der Waals surface area (Å²) in [5.74, 6) is 0.498. The summed E-state index contributed by atoms with van der Waals surface area (Å²) < 4.78 is 0.740. The first-order chi connectivity index (χ1) is 9.20. The Bertz CT molecular complexity index is 588. The second-order valence-electron chi connectivity index (χ2n) is 3.77. The summed E-state index contributed by atoms with van der Waals surface area (Å²) in [4.78, 5) is 20.2. The summed E-state index contributed by atoms with van der Waals surface area (Å²) in [6, 6.07) is 5.12. The highest BCUT2D eigenvalue weighted by Crippen LogP contribution is 2.20. The molecule has 0 fully saturated rings. The third kappa shape index (κ3) is 3.51. The Morgan fingerprint density at radius 2 is 2.21 bits per heavy atom. The molecule has 0 atom stereocenters. The molecule has 0 saturated carbocycles. The minimum atomic E-state index is -0.187. The van der Waals surface area contributed by atoms with E-state index in [1.165, 1.54) is 0 Å². The van der Waals surface area contributed by atoms with E-state index in [2.05, 4.69) is 36.5 Å². The zero-order valence-electron chi connectivity index (χ0n) is 10.4. The average Bonchev–Trinajstić information content (AvgIpc) is 2.42. The van der Waals surface area contributed by atoms with Crippen LogP contribution in [-0.4, -0.2) is 22.4 Å². The number of hydrogen-bond donors (Lipinski definition) is 2. The lowest BCUT2D eigenvalue weighted by Crippen LogP contribution is -2.13. The van der Waals surface area contributed by atoms with E-state index < -0.39 is 0 Å². The fourth-order valence-corrected chi connectivity index (χ4v) is 1.87. The van der Waals surface area contributed by atoms with Crippen molar-refractivity contribution in [3.63, 3.8) is 0 Å². The molecule has 0 aliphatic carbocycles. The molecule has 0 aliphatic heterocycles. The number of aromatic nitrogens is 2. The van der Waals surface area contributed by atoms with E-state index in [0.717, 1.165) is 11.0 Å². The predicted octanol–water partition coefficient (Wildman–Crippen LogP) is 2.92. The quantitative estimate of drug-likeness (QED) is 0.909. The molecule has 2 heterocycles. The monoisotopic (exact) mass is 320 g/mol. The van der Waals surface area contributed by atoms with Crippen LogP contribution in [0.15, 0.2) is 41.3 Å². The summed E-state index contributed by atoms with van der Waals surface area (Å²) in [6.45, 7) is 2.73. The van der Waals surface area contributed by atoms with Crippen molar-refractivity contribution in [2.24, 2.45) is 0 Å². The zero-order valence-corrected chi connectivity index (χ0v) is 11.9. The molecule has 98 valence electrons. The number of nitrogens with zero attached hydrogens (tertiary/aromatic N) is 2. The number of halogens is 1. The first kappa shape index (κ1) is 13.5. The number of anilines is 2. The Kier molecular flexibility index (Phi) is 4.46. The standard InChI is InChI=1S/C13H13BrN4O/c1-2-16-12-7-9(3-6-17-12)13(19)18-11-4-5-15-8-10(11)14/h3-8H,2H2,1H3,(H,16,17)(H,15,18,19). The second kappa shape index (κ2) is 6.29. The summed E-state index contributed by atoms with van der Waals surface area (Å²) in [5, 5.41) is 5.88. The van der Waals surface area contributed by atoms with Crippen LogP contribution in [0.3, 0.4) is 0 Å². The number of carbonyl (C=O) groups excluding carboxylic acids is 1. The number of amides is 1. The van der Waals surface area contributed by atoms with Gasteiger partial charge in [-0.15, -0.1) is 0 Å². The van der Waals surface area contributed by atoms with Crippen LogP contribution in [0, 0.1) is 0 Å². The maximum Gasteiger partial charge on any atom is 0.255 e. The van der Waals surface area contributed by atoms with Gasteiger partial charge in [0.15, 0.2) is 0 Å². The van der Waals surface area contributed by atoms with Crippen LogP contribution in [0.25, 0.3) is 0 Å². The maximum absolute atomic E-state index is 12.1. The van der Waals surface area contributed by atoms with Crippen LogP contribution >= 0.6 is 15.9 Å². The molecule has 0 aromatic carbocycles. The van der Waals surface area contributed by atoms with Crippen molar-refractivity contribution < 1.29 is 4.79 Å². The number of pyridine rings is 2. The van der Waals surface area contributed by atoms with Gasteiger partial charge in [-0.1, -0.05) is 0 Å². The van der Waals surface area contributed by atoms with Gasteiger partial charge in [0, 0.05) is 30.7 Å². The van der Waals surface area contributed by atoms with Gasteiger partial charge in [0.2, 0.25) is 0 Å². The summed E-state index contributed by atoms with van der Waals surface area (Å²) in [5.41, 5.74) is 1.23. The van der Waals surface area contributed by atoms with Crippen molar-refractivity contribution in [3.05, 3.63) is 46.8 Å². The lowest BCUT2D eigenvalue weighted by atomic mass is 10.2. The van der Waals surface area contributed by atoms with E-state index >= 15 is 0 Å².